The van der Waals surface area contributed by atoms with Gasteiger partial charge in [0.15, 0.2) is 11.5 Å². The van der Waals surface area contributed by atoms with E-state index in [1.54, 1.807) is 4.57 Å². The van der Waals surface area contributed by atoms with E-state index in [0.29, 0.717) is 31.3 Å². The van der Waals surface area contributed by atoms with Crippen LogP contribution in [0.3, 0.4) is 0 Å². The molecule has 3 rings (SSSR count). The second-order valence-electron chi connectivity index (χ2n) is 6.68. The van der Waals surface area contributed by atoms with Gasteiger partial charge in [-0.2, -0.15) is 17.5 Å². The van der Waals surface area contributed by atoms with Crippen molar-refractivity contribution in [2.75, 3.05) is 32.6 Å². The summed E-state index contributed by atoms with van der Waals surface area (Å²) in [5.41, 5.74) is -0.792. The number of imidazole rings is 1. The molecule has 0 spiro atoms. The predicted molar refractivity (Wildman–Crippen MR) is 89.6 cm³/mol. The predicted octanol–water partition coefficient (Wildman–Crippen LogP) is 2.51. The van der Waals surface area contributed by atoms with Gasteiger partial charge in [-0.05, 0) is 19.4 Å². The summed E-state index contributed by atoms with van der Waals surface area (Å²) < 4.78 is 44.3. The normalized spacial score (nSPS) is 17.8. The molecule has 1 aliphatic heterocycles. The zero-order valence-corrected chi connectivity index (χ0v) is 15.2. The van der Waals surface area contributed by atoms with Crippen LogP contribution < -0.4 is 4.90 Å². The molecule has 0 radical (unpaired) electrons. The first-order valence-corrected chi connectivity index (χ1v) is 8.81. The molecule has 138 valence electrons. The topological polar surface area (TPSA) is 50.1 Å². The van der Waals surface area contributed by atoms with E-state index in [9.17, 15) is 13.2 Å². The first-order valence-electron chi connectivity index (χ1n) is 8.04. The van der Waals surface area contributed by atoms with Gasteiger partial charge in [-0.1, -0.05) is 0 Å². The van der Waals surface area contributed by atoms with Crippen LogP contribution in [0.1, 0.15) is 23.8 Å². The molecule has 0 aromatic carbocycles. The van der Waals surface area contributed by atoms with Crippen molar-refractivity contribution in [3.8, 4) is 0 Å². The summed E-state index contributed by atoms with van der Waals surface area (Å²) in [6.07, 6.45) is -1.83. The molecule has 3 heterocycles. The van der Waals surface area contributed by atoms with Crippen LogP contribution in [-0.2, 0) is 25.7 Å². The highest BCUT2D eigenvalue weighted by Gasteiger charge is 2.35. The highest BCUT2D eigenvalue weighted by Crippen LogP contribution is 2.30. The van der Waals surface area contributed by atoms with E-state index in [1.807, 2.05) is 26.0 Å². The molecule has 2 aromatic rings. The fraction of sp³-hybridized carbons (Fsp3) is 0.667. The average molecular weight is 374 g/mol. The molecular weight excluding hydrogens is 353 g/mol. The minimum Gasteiger partial charge on any atom is -0.353 e. The number of aromatic nitrogens is 4. The van der Waals surface area contributed by atoms with Crippen LogP contribution in [0.4, 0.5) is 18.3 Å². The molecular formula is C15H21F3N6S. The Morgan fingerprint density at radius 1 is 1.28 bits per heavy atom. The Balaban J connectivity index is 1.57. The molecule has 1 atom stereocenters. The lowest BCUT2D eigenvalue weighted by atomic mass is 9.99. The summed E-state index contributed by atoms with van der Waals surface area (Å²) in [4.78, 5) is 12.2. The third-order valence-electron chi connectivity index (χ3n) is 4.20. The molecule has 0 saturated carbocycles. The first-order chi connectivity index (χ1) is 11.7. The number of halogens is 3. The van der Waals surface area contributed by atoms with Crippen molar-refractivity contribution in [3.05, 3.63) is 23.5 Å². The van der Waals surface area contributed by atoms with E-state index >= 15 is 0 Å². The average Bonchev–Trinajstić information content (AvgIpc) is 3.12. The lowest BCUT2D eigenvalue weighted by Gasteiger charge is -2.27. The highest BCUT2D eigenvalue weighted by molar-refractivity contribution is 7.09. The Hall–Kier alpha value is -1.68. The summed E-state index contributed by atoms with van der Waals surface area (Å²) in [6.45, 7) is 1.98. The van der Waals surface area contributed by atoms with Gasteiger partial charge in [0, 0.05) is 51.3 Å². The van der Waals surface area contributed by atoms with Crippen molar-refractivity contribution in [1.29, 1.82) is 0 Å². The Morgan fingerprint density at radius 3 is 2.68 bits per heavy atom. The van der Waals surface area contributed by atoms with Crippen LogP contribution in [0.25, 0.3) is 0 Å². The fourth-order valence-electron chi connectivity index (χ4n) is 3.04. The first kappa shape index (κ1) is 18.1. The fourth-order valence-corrected chi connectivity index (χ4v) is 3.63. The minimum absolute atomic E-state index is 0.291. The van der Waals surface area contributed by atoms with E-state index in [2.05, 4.69) is 19.2 Å². The molecule has 0 aliphatic carbocycles. The smallest absolute Gasteiger partial charge is 0.353 e. The number of hydrogen-bond acceptors (Lipinski definition) is 6. The van der Waals surface area contributed by atoms with Gasteiger partial charge in [-0.25, -0.2) is 9.97 Å². The third-order valence-corrected chi connectivity index (χ3v) is 5.12. The molecule has 0 bridgehead atoms. The van der Waals surface area contributed by atoms with Crippen LogP contribution in [0, 0.1) is 5.92 Å². The van der Waals surface area contributed by atoms with Gasteiger partial charge in [0.25, 0.3) is 0 Å². The Bertz CT molecular complexity index is 723. The zero-order valence-electron chi connectivity index (χ0n) is 14.4. The summed E-state index contributed by atoms with van der Waals surface area (Å²) in [5, 5.41) is 0.865. The highest BCUT2D eigenvalue weighted by atomic mass is 32.1. The lowest BCUT2D eigenvalue weighted by molar-refractivity contribution is -0.141. The molecule has 2 aromatic heterocycles. The summed E-state index contributed by atoms with van der Waals surface area (Å²) in [5.74, 6) is 1.59. The van der Waals surface area contributed by atoms with Gasteiger partial charge in [-0.15, -0.1) is 0 Å². The van der Waals surface area contributed by atoms with E-state index in [0.717, 1.165) is 30.1 Å². The monoisotopic (exact) mass is 374 g/mol. The molecule has 0 saturated heterocycles. The van der Waals surface area contributed by atoms with Gasteiger partial charge in [-0.3, -0.25) is 4.90 Å². The number of alkyl halides is 3. The Morgan fingerprint density at radius 2 is 2.04 bits per heavy atom. The molecule has 1 aliphatic rings. The molecule has 25 heavy (non-hydrogen) atoms. The zero-order chi connectivity index (χ0) is 18.2. The van der Waals surface area contributed by atoms with Crippen LogP contribution in [0.5, 0.6) is 0 Å². The number of hydrogen-bond donors (Lipinski definition) is 0. The third kappa shape index (κ3) is 4.30. The molecule has 10 heteroatoms. The molecule has 0 amide bonds. The summed E-state index contributed by atoms with van der Waals surface area (Å²) >= 11 is 1.36. The second kappa shape index (κ2) is 6.91. The second-order valence-corrected chi connectivity index (χ2v) is 7.41. The maximum absolute atomic E-state index is 12.8. The molecule has 0 N–H and O–H groups in total. The van der Waals surface area contributed by atoms with Gasteiger partial charge in [0.2, 0.25) is 5.13 Å². The number of fused-ring (bicyclic) bond motifs is 1. The maximum Gasteiger partial charge on any atom is 0.434 e. The number of aryl methyl sites for hydroxylation is 1. The van der Waals surface area contributed by atoms with Gasteiger partial charge < -0.3 is 9.47 Å². The summed E-state index contributed by atoms with van der Waals surface area (Å²) in [6, 6.07) is 0. The van der Waals surface area contributed by atoms with Crippen molar-refractivity contribution in [1.82, 2.24) is 23.8 Å². The number of anilines is 1. The van der Waals surface area contributed by atoms with Crippen LogP contribution in [-0.4, -0.2) is 51.5 Å². The van der Waals surface area contributed by atoms with Crippen molar-refractivity contribution in [2.24, 2.45) is 5.92 Å². The van der Waals surface area contributed by atoms with E-state index in [1.165, 1.54) is 11.5 Å². The van der Waals surface area contributed by atoms with E-state index in [-0.39, 0.29) is 0 Å². The van der Waals surface area contributed by atoms with Crippen LogP contribution in [0.2, 0.25) is 0 Å². The molecule has 0 fully saturated rings. The quantitative estimate of drug-likeness (QED) is 0.805. The van der Waals surface area contributed by atoms with E-state index < -0.39 is 11.9 Å². The molecule has 6 nitrogen and oxygen atoms in total. The van der Waals surface area contributed by atoms with Crippen LogP contribution >= 0.6 is 11.5 Å². The largest absolute Gasteiger partial charge is 0.434 e. The Labute approximate surface area is 148 Å². The summed E-state index contributed by atoms with van der Waals surface area (Å²) in [7, 11) is 5.84. The number of nitrogens with zero attached hydrogens (tertiary/aromatic N) is 6. The maximum atomic E-state index is 12.8. The number of rotatable bonds is 5. The van der Waals surface area contributed by atoms with Crippen molar-refractivity contribution in [2.45, 2.75) is 32.1 Å². The van der Waals surface area contributed by atoms with Gasteiger partial charge in [0.05, 0.1) is 6.54 Å². The minimum atomic E-state index is -4.38. The van der Waals surface area contributed by atoms with Crippen molar-refractivity contribution >= 4 is 16.7 Å². The lowest BCUT2D eigenvalue weighted by Crippen LogP contribution is -2.31. The van der Waals surface area contributed by atoms with Crippen molar-refractivity contribution in [3.63, 3.8) is 0 Å². The van der Waals surface area contributed by atoms with E-state index in [4.69, 9.17) is 0 Å². The van der Waals surface area contributed by atoms with Gasteiger partial charge >= 0.3 is 6.18 Å². The molecule has 0 unspecified atom stereocenters. The standard InChI is InChI=1S/C15H21F3N6S/c1-22(2)14-20-12(21-25-14)9-23(3)6-10-4-5-13-19-11(15(16,17)18)8-24(13)7-10/h8,10H,4-7,9H2,1-3H3/t10-/m0/s1. The van der Waals surface area contributed by atoms with Crippen LogP contribution in [0.15, 0.2) is 6.20 Å². The van der Waals surface area contributed by atoms with Crippen molar-refractivity contribution < 1.29 is 13.2 Å². The Kier molecular flexibility index (Phi) is 5.01. The van der Waals surface area contributed by atoms with Gasteiger partial charge in [0.1, 0.15) is 5.82 Å². The SMILES string of the molecule is CN(Cc1nsc(N(C)C)n1)C[C@@H]1CCc2nc(C(F)(F)F)cn2C1.